The summed E-state index contributed by atoms with van der Waals surface area (Å²) >= 11 is 0. The summed E-state index contributed by atoms with van der Waals surface area (Å²) in [5, 5.41) is 0. The SMILES string of the molecule is CCCCCCCCCC[P+](C1CCCCC1)(C1CCCCC1)C1CCCCC1.F[B-](F)(F)F. The molecule has 0 bridgehead atoms. The third kappa shape index (κ3) is 11.1. The predicted octanol–water partition coefficient (Wildman–Crippen LogP) is 11.4. The Kier molecular flexibility index (Phi) is 15.1. The van der Waals surface area contributed by atoms with Crippen molar-refractivity contribution in [2.45, 2.75) is 172 Å². The minimum Gasteiger partial charge on any atom is -0.418 e. The maximum atomic E-state index is 9.75. The lowest BCUT2D eigenvalue weighted by molar-refractivity contribution is 0.368. The standard InChI is InChI=1S/C28H54P.BF4/c1-2-3-4-5-6-7-8-18-25-29(26-19-12-9-13-20-26,27-21-14-10-15-22-27)28-23-16-11-17-24-28;2-1(3,4)5/h26-28H,2-25H2,1H3;/q+1;-1. The first-order chi connectivity index (χ1) is 16.4. The molecule has 0 aromatic heterocycles. The van der Waals surface area contributed by atoms with Gasteiger partial charge in [-0.2, -0.15) is 0 Å². The topological polar surface area (TPSA) is 0 Å². The quantitative estimate of drug-likeness (QED) is 0.106. The minimum atomic E-state index is -6.00. The number of unbranched alkanes of at least 4 members (excludes halogenated alkanes) is 7. The van der Waals surface area contributed by atoms with Crippen LogP contribution in [0, 0.1) is 0 Å². The van der Waals surface area contributed by atoms with E-state index in [9.17, 15) is 17.3 Å². The van der Waals surface area contributed by atoms with Gasteiger partial charge in [0.1, 0.15) is 0 Å². The van der Waals surface area contributed by atoms with Crippen molar-refractivity contribution in [3.05, 3.63) is 0 Å². The van der Waals surface area contributed by atoms with E-state index in [1.54, 1.807) is 115 Å². The van der Waals surface area contributed by atoms with Gasteiger partial charge >= 0.3 is 7.25 Å². The fraction of sp³-hybridized carbons (Fsp3) is 1.00. The van der Waals surface area contributed by atoms with Crippen molar-refractivity contribution in [3.63, 3.8) is 0 Å². The number of hydrogen-bond donors (Lipinski definition) is 0. The van der Waals surface area contributed by atoms with E-state index >= 15 is 0 Å². The molecule has 3 rings (SSSR count). The molecule has 202 valence electrons. The van der Waals surface area contributed by atoms with Gasteiger partial charge in [-0.15, -0.1) is 0 Å². The van der Waals surface area contributed by atoms with E-state index < -0.39 is 14.5 Å². The summed E-state index contributed by atoms with van der Waals surface area (Å²) < 4.78 is 39.0. The van der Waals surface area contributed by atoms with E-state index in [0.29, 0.717) is 0 Å². The highest BCUT2D eigenvalue weighted by Crippen LogP contribution is 2.77. The third-order valence-corrected chi connectivity index (χ3v) is 15.9. The molecule has 0 aliphatic heterocycles. The molecule has 3 saturated carbocycles. The monoisotopic (exact) mass is 508 g/mol. The van der Waals surface area contributed by atoms with Crippen LogP contribution in [0.25, 0.3) is 0 Å². The molecule has 0 spiro atoms. The van der Waals surface area contributed by atoms with Gasteiger partial charge in [-0.3, -0.25) is 0 Å². The summed E-state index contributed by atoms with van der Waals surface area (Å²) in [6.45, 7) is 2.34. The smallest absolute Gasteiger partial charge is 0.418 e. The molecule has 34 heavy (non-hydrogen) atoms. The molecule has 0 heterocycles. The molecule has 0 amide bonds. The zero-order chi connectivity index (χ0) is 24.7. The van der Waals surface area contributed by atoms with Crippen molar-refractivity contribution in [2.75, 3.05) is 6.16 Å². The fourth-order valence-electron chi connectivity index (χ4n) is 7.65. The third-order valence-electron chi connectivity index (χ3n) is 9.16. The Morgan fingerprint density at radius 3 is 1.12 bits per heavy atom. The van der Waals surface area contributed by atoms with Crippen LogP contribution in [-0.2, 0) is 0 Å². The highest BCUT2D eigenvalue weighted by molar-refractivity contribution is 7.77. The van der Waals surface area contributed by atoms with Crippen molar-refractivity contribution in [1.82, 2.24) is 0 Å². The van der Waals surface area contributed by atoms with Crippen molar-refractivity contribution < 1.29 is 17.3 Å². The van der Waals surface area contributed by atoms with Crippen LogP contribution < -0.4 is 0 Å². The van der Waals surface area contributed by atoms with Gasteiger partial charge in [0.2, 0.25) is 0 Å². The minimum absolute atomic E-state index is 0.789. The molecule has 3 fully saturated rings. The average molecular weight is 509 g/mol. The van der Waals surface area contributed by atoms with Crippen LogP contribution in [0.1, 0.15) is 155 Å². The molecule has 0 aromatic rings. The summed E-state index contributed by atoms with van der Waals surface area (Å²) in [7, 11) is -6.79. The molecule has 0 saturated heterocycles. The van der Waals surface area contributed by atoms with Crippen LogP contribution >= 0.6 is 7.26 Å². The maximum Gasteiger partial charge on any atom is 0.673 e. The Morgan fingerprint density at radius 2 is 0.794 bits per heavy atom. The second-order valence-corrected chi connectivity index (χ2v) is 16.2. The molecule has 0 aromatic carbocycles. The first-order valence-corrected chi connectivity index (χ1v) is 17.3. The van der Waals surface area contributed by atoms with Crippen LogP contribution in [0.2, 0.25) is 0 Å². The lowest BCUT2D eigenvalue weighted by atomic mass is 9.99. The Balaban J connectivity index is 0.000000739. The summed E-state index contributed by atoms with van der Waals surface area (Å²) in [6, 6.07) is 0. The Labute approximate surface area is 209 Å². The van der Waals surface area contributed by atoms with Crippen molar-refractivity contribution >= 4 is 14.5 Å². The van der Waals surface area contributed by atoms with E-state index in [4.69, 9.17) is 0 Å². The number of rotatable bonds is 12. The van der Waals surface area contributed by atoms with Gasteiger partial charge in [0, 0.05) is 7.26 Å². The van der Waals surface area contributed by atoms with Gasteiger partial charge in [0.05, 0.1) is 23.1 Å². The lowest BCUT2D eigenvalue weighted by Gasteiger charge is -2.49. The van der Waals surface area contributed by atoms with E-state index in [1.807, 2.05) is 0 Å². The molecule has 3 aliphatic carbocycles. The first kappa shape index (κ1) is 30.4. The molecular weight excluding hydrogens is 454 g/mol. The van der Waals surface area contributed by atoms with Crippen LogP contribution in [0.3, 0.4) is 0 Å². The van der Waals surface area contributed by atoms with E-state index in [1.165, 1.54) is 55.5 Å². The van der Waals surface area contributed by atoms with Gasteiger partial charge in [-0.05, 0) is 89.9 Å². The Morgan fingerprint density at radius 1 is 0.500 bits per heavy atom. The highest BCUT2D eigenvalue weighted by atomic mass is 31.2. The second kappa shape index (κ2) is 16.9. The summed E-state index contributed by atoms with van der Waals surface area (Å²) in [5.74, 6) is 0. The maximum absolute atomic E-state index is 9.75. The molecule has 6 heteroatoms. The zero-order valence-electron chi connectivity index (χ0n) is 22.2. The molecule has 3 aliphatic rings. The Hall–Kier alpha value is 0.215. The average Bonchev–Trinajstić information content (AvgIpc) is 2.84. The zero-order valence-corrected chi connectivity index (χ0v) is 23.1. The Bertz CT molecular complexity index is 444. The van der Waals surface area contributed by atoms with Gasteiger partial charge in [-0.1, -0.05) is 64.7 Å². The van der Waals surface area contributed by atoms with Crippen LogP contribution in [0.15, 0.2) is 0 Å². The molecule has 0 unspecified atom stereocenters. The molecule has 0 radical (unpaired) electrons. The van der Waals surface area contributed by atoms with E-state index in [2.05, 4.69) is 6.92 Å². The number of hydrogen-bond acceptors (Lipinski definition) is 0. The van der Waals surface area contributed by atoms with Crippen LogP contribution in [0.5, 0.6) is 0 Å². The van der Waals surface area contributed by atoms with Gasteiger partial charge in [0.25, 0.3) is 0 Å². The molecule has 0 nitrogen and oxygen atoms in total. The summed E-state index contributed by atoms with van der Waals surface area (Å²) in [5.41, 5.74) is 3.60. The van der Waals surface area contributed by atoms with Crippen LogP contribution in [0.4, 0.5) is 17.3 Å². The first-order valence-electron chi connectivity index (χ1n) is 15.1. The molecular formula is C28H54BF4P. The molecule has 0 atom stereocenters. The van der Waals surface area contributed by atoms with Crippen LogP contribution in [-0.4, -0.2) is 30.4 Å². The summed E-state index contributed by atoms with van der Waals surface area (Å²) in [4.78, 5) is 0. The van der Waals surface area contributed by atoms with Crippen molar-refractivity contribution in [2.24, 2.45) is 0 Å². The van der Waals surface area contributed by atoms with E-state index in [0.717, 1.165) is 0 Å². The van der Waals surface area contributed by atoms with E-state index in [-0.39, 0.29) is 0 Å². The van der Waals surface area contributed by atoms with Crippen molar-refractivity contribution in [1.29, 1.82) is 0 Å². The van der Waals surface area contributed by atoms with Crippen molar-refractivity contribution in [3.8, 4) is 0 Å². The number of halogens is 4. The summed E-state index contributed by atoms with van der Waals surface area (Å²) in [6.07, 6.45) is 37.7. The van der Waals surface area contributed by atoms with Gasteiger partial charge in [0.15, 0.2) is 0 Å². The second-order valence-electron chi connectivity index (χ2n) is 11.6. The largest absolute Gasteiger partial charge is 0.673 e. The lowest BCUT2D eigenvalue weighted by Crippen LogP contribution is -2.37. The van der Waals surface area contributed by atoms with Gasteiger partial charge < -0.3 is 17.3 Å². The normalized spacial score (nSPS) is 21.8. The molecule has 0 N–H and O–H groups in total. The van der Waals surface area contributed by atoms with Gasteiger partial charge in [-0.25, -0.2) is 0 Å². The fourth-order valence-corrected chi connectivity index (χ4v) is 15.3. The highest BCUT2D eigenvalue weighted by Gasteiger charge is 2.56. The predicted molar refractivity (Wildman–Crippen MR) is 145 cm³/mol.